The van der Waals surface area contributed by atoms with Crippen LogP contribution in [-0.2, 0) is 14.4 Å². The molecule has 3 fully saturated rings. The third kappa shape index (κ3) is 18.5. The molecule has 3 aromatic carbocycles. The van der Waals surface area contributed by atoms with Gasteiger partial charge in [0, 0.05) is 110 Å². The van der Waals surface area contributed by atoms with Gasteiger partial charge in [0.2, 0.25) is 17.7 Å². The third-order valence-corrected chi connectivity index (χ3v) is 28.3. The summed E-state index contributed by atoms with van der Waals surface area (Å²) in [6.45, 7) is 40.1. The predicted octanol–water partition coefficient (Wildman–Crippen LogP) is 22.4. The summed E-state index contributed by atoms with van der Waals surface area (Å²) < 4.78 is 78.4. The van der Waals surface area contributed by atoms with Crippen molar-refractivity contribution in [2.75, 3.05) is 54.0 Å². The van der Waals surface area contributed by atoms with Crippen LogP contribution in [-0.4, -0.2) is 167 Å². The van der Waals surface area contributed by atoms with Gasteiger partial charge in [0.15, 0.2) is 46.3 Å². The van der Waals surface area contributed by atoms with Gasteiger partial charge in [-0.05, 0) is 151 Å². The highest BCUT2D eigenvalue weighted by Gasteiger charge is 2.42. The van der Waals surface area contributed by atoms with E-state index in [9.17, 15) is 77.4 Å². The number of benzene rings is 3. The molecule has 3 aliphatic heterocycles. The predicted molar refractivity (Wildman–Crippen MR) is 542 cm³/mol. The summed E-state index contributed by atoms with van der Waals surface area (Å²) in [6.07, 6.45) is 8.54. The van der Waals surface area contributed by atoms with E-state index in [-0.39, 0.29) is 220 Å². The SMILES string of the molecule is C=CC(=O)N1[C@H](C)CN(c2c(C#N)c(=O)n(-c3c(C)ccnc3C(C)C)c3nc(-c4c(O)c(F)c(Cl)c(Cl)c4Cl)c(Cl)cc23)C[C@@H]1C.C=CC(=O)N1[C@H](C)CN(c2c(C#N)c(=O)n(-c3c(C)ccnc3C(C)C)c3nc(-c4c(O)c(F)c(Cl)c(F)c4Cl)c(Cl)cc23)C[C@@H]1C.C=CC(=O)N1[C@H](C)CN(c2c(C#N)c(=O)n(-c3c(C)ccnc3C(C)C)c3nc(-c4c(O)c(F)c(Cl)c(F)c4Cl)c(Cl)cc23)C[C@@H]1C. The van der Waals surface area contributed by atoms with Crippen LogP contribution in [0.5, 0.6) is 17.2 Å². The number of aromatic nitrogens is 9. The molecule has 0 spiro atoms. The lowest BCUT2D eigenvalue weighted by Gasteiger charge is -2.45. The topological polar surface area (TPSA) is 346 Å². The number of carbonyl (C=O) groups is 3. The van der Waals surface area contributed by atoms with Crippen LogP contribution >= 0.6 is 116 Å². The van der Waals surface area contributed by atoms with E-state index in [0.717, 1.165) is 0 Å². The molecule has 27 nitrogen and oxygen atoms in total. The number of hydrogen-bond donors (Lipinski definition) is 3. The minimum absolute atomic E-state index is 0.0354. The molecular weight excluding hydrogens is 2030 g/mol. The number of nitrogens with zero attached hydrogens (tertiary/aromatic N) is 18. The maximum absolute atomic E-state index is 15.0. The number of aromatic hydroxyl groups is 3. The molecule has 6 atom stereocenters. The third-order valence-electron chi connectivity index (χ3n) is 24.8. The molecule has 732 valence electrons. The highest BCUT2D eigenvalue weighted by atomic mass is 35.5. The van der Waals surface area contributed by atoms with Crippen molar-refractivity contribution < 1.29 is 51.7 Å². The first-order valence-corrected chi connectivity index (χ1v) is 47.5. The fourth-order valence-electron chi connectivity index (χ4n) is 18.7. The van der Waals surface area contributed by atoms with E-state index >= 15 is 4.39 Å². The molecule has 12 heterocycles. The highest BCUT2D eigenvalue weighted by molar-refractivity contribution is 6.50. The van der Waals surface area contributed by atoms with Crippen molar-refractivity contribution in [2.24, 2.45) is 0 Å². The minimum Gasteiger partial charge on any atom is -0.504 e. The summed E-state index contributed by atoms with van der Waals surface area (Å²) in [5, 5.41) is 59.4. The van der Waals surface area contributed by atoms with E-state index < -0.39 is 99.3 Å². The fourth-order valence-corrected chi connectivity index (χ4v) is 21.2. The molecule has 9 aromatic heterocycles. The van der Waals surface area contributed by atoms with E-state index in [4.69, 9.17) is 121 Å². The Morgan fingerprint density at radius 3 is 0.844 bits per heavy atom. The molecule has 12 aromatic rings. The first kappa shape index (κ1) is 106. The Labute approximate surface area is 855 Å². The second-order valence-electron chi connectivity index (χ2n) is 35.1. The number of carbonyl (C=O) groups excluding carboxylic acids is 3. The summed E-state index contributed by atoms with van der Waals surface area (Å²) in [6, 6.07) is 13.6. The van der Waals surface area contributed by atoms with Crippen molar-refractivity contribution >= 4 is 184 Å². The van der Waals surface area contributed by atoms with Crippen molar-refractivity contribution in [2.45, 2.75) is 158 Å². The molecule has 0 aliphatic carbocycles. The summed E-state index contributed by atoms with van der Waals surface area (Å²) in [5.41, 5.74) is 0.179. The number of halogens is 15. The van der Waals surface area contributed by atoms with Crippen molar-refractivity contribution in [3.8, 4) is 86.3 Å². The van der Waals surface area contributed by atoms with Crippen LogP contribution in [0.3, 0.4) is 0 Å². The number of nitriles is 3. The van der Waals surface area contributed by atoms with Gasteiger partial charge in [-0.25, -0.2) is 36.9 Å². The van der Waals surface area contributed by atoms with Gasteiger partial charge in [-0.3, -0.25) is 57.4 Å². The van der Waals surface area contributed by atoms with Gasteiger partial charge in [0.05, 0.1) is 120 Å². The molecular formula is C99H87Cl10F5N18O9. The van der Waals surface area contributed by atoms with E-state index in [1.54, 1.807) is 72.3 Å². The fraction of sp³-hybridized carbons (Fsp3) is 0.303. The molecule has 15 rings (SSSR count). The average Bonchev–Trinajstić information content (AvgIpc) is 0.725. The van der Waals surface area contributed by atoms with Gasteiger partial charge in [-0.2, -0.15) is 15.8 Å². The Kier molecular flexibility index (Phi) is 31.3. The number of phenols is 3. The van der Waals surface area contributed by atoms with Crippen LogP contribution in [0.4, 0.5) is 39.0 Å². The lowest BCUT2D eigenvalue weighted by atomic mass is 10.0. The van der Waals surface area contributed by atoms with Crippen molar-refractivity contribution in [3.05, 3.63) is 254 Å². The number of amides is 3. The molecule has 3 aliphatic rings. The number of aryl methyl sites for hydroxylation is 3. The molecule has 0 saturated carbocycles. The minimum atomic E-state index is -1.47. The first-order chi connectivity index (χ1) is 66.5. The first-order valence-electron chi connectivity index (χ1n) is 43.7. The Balaban J connectivity index is 0.000000178. The van der Waals surface area contributed by atoms with Crippen LogP contribution in [0.1, 0.15) is 151 Å². The van der Waals surface area contributed by atoms with Crippen LogP contribution in [0.15, 0.2) is 107 Å². The van der Waals surface area contributed by atoms with Crippen molar-refractivity contribution in [1.29, 1.82) is 15.8 Å². The molecule has 0 radical (unpaired) electrons. The molecule has 3 saturated heterocycles. The van der Waals surface area contributed by atoms with Crippen LogP contribution < -0.4 is 31.4 Å². The second kappa shape index (κ2) is 41.7. The molecule has 42 heteroatoms. The second-order valence-corrected chi connectivity index (χ2v) is 39.0. The zero-order valence-electron chi connectivity index (χ0n) is 78.0. The monoisotopic (exact) mass is 2120 g/mol. The number of hydrogen-bond acceptors (Lipinski definition) is 21. The number of phenolic OH excluding ortho intramolecular Hbond substituents is 3. The van der Waals surface area contributed by atoms with E-state index in [1.807, 2.05) is 97.8 Å². The quantitative estimate of drug-likeness (QED) is 0.0371. The number of rotatable bonds is 15. The highest BCUT2D eigenvalue weighted by Crippen LogP contribution is 2.53. The normalized spacial score (nSPS) is 16.6. The number of anilines is 3. The van der Waals surface area contributed by atoms with Crippen LogP contribution in [0, 0.1) is 83.9 Å². The van der Waals surface area contributed by atoms with Crippen molar-refractivity contribution in [1.82, 2.24) is 58.3 Å². The molecule has 3 N–H and O–H groups in total. The maximum Gasteiger partial charge on any atom is 0.276 e. The number of piperazine rings is 3. The Hall–Kier alpha value is -12.4. The lowest BCUT2D eigenvalue weighted by molar-refractivity contribution is -0.131. The smallest absolute Gasteiger partial charge is 0.276 e. The number of pyridine rings is 9. The standard InChI is InChI=1S/C33H29Cl4FN6O3.2C33H29Cl3F2N6O3/c1-7-21(45)43-16(5)12-42(13-17(43)6)30-18-10-20(34)28(22-23(35)24(36)25(37)26(38)31(22)46)41-32(18)44(33(47)19(30)11-39)29-15(4)8-9-40-27(29)14(2)3;2*1-7-21(45)43-16(5)12-42(13-17(43)6)30-18-10-20(34)28(22-23(35)25(37)24(36)26(38)31(22)46)41-32(18)44(33(47)19(30)11-39)29-15(4)8-9-40-27(29)14(2)3/h3*7-10,14,16-17,46H,1,12-13H2,2-6H3/t3*16-,17+. The van der Waals surface area contributed by atoms with Crippen molar-refractivity contribution in [3.63, 3.8) is 0 Å². The van der Waals surface area contributed by atoms with Gasteiger partial charge in [0.25, 0.3) is 16.7 Å². The van der Waals surface area contributed by atoms with Gasteiger partial charge >= 0.3 is 0 Å². The molecule has 0 bridgehead atoms. The zero-order chi connectivity index (χ0) is 104. The van der Waals surface area contributed by atoms with E-state index in [1.165, 1.54) is 50.1 Å². The Morgan fingerprint density at radius 2 is 0.617 bits per heavy atom. The van der Waals surface area contributed by atoms with E-state index in [2.05, 4.69) is 62.9 Å². The summed E-state index contributed by atoms with van der Waals surface area (Å²) >= 11 is 62.9. The average molecular weight is 2120 g/mol. The molecule has 141 heavy (non-hydrogen) atoms. The number of fused-ring (bicyclic) bond motifs is 3. The lowest BCUT2D eigenvalue weighted by Crippen LogP contribution is -2.58. The Morgan fingerprint density at radius 1 is 0.383 bits per heavy atom. The Bertz CT molecular complexity index is 6870. The van der Waals surface area contributed by atoms with Crippen LogP contribution in [0.2, 0.25) is 50.2 Å². The van der Waals surface area contributed by atoms with E-state index in [0.29, 0.717) is 56.2 Å². The largest absolute Gasteiger partial charge is 0.504 e. The summed E-state index contributed by atoms with van der Waals surface area (Å²) in [7, 11) is 0. The van der Waals surface area contributed by atoms with Crippen LogP contribution in [0.25, 0.3) is 83.9 Å². The van der Waals surface area contributed by atoms with Gasteiger partial charge < -0.3 is 44.7 Å². The molecule has 3 amide bonds. The summed E-state index contributed by atoms with van der Waals surface area (Å²) in [4.78, 5) is 120. The van der Waals surface area contributed by atoms with Gasteiger partial charge in [0.1, 0.15) is 66.9 Å². The van der Waals surface area contributed by atoms with Gasteiger partial charge in [-0.1, -0.05) is 177 Å². The molecule has 0 unspecified atom stereocenters. The maximum atomic E-state index is 15.0. The van der Waals surface area contributed by atoms with Gasteiger partial charge in [-0.15, -0.1) is 0 Å². The summed E-state index contributed by atoms with van der Waals surface area (Å²) in [5.74, 6) is -11.2. The zero-order valence-corrected chi connectivity index (χ0v) is 85.6.